The topological polar surface area (TPSA) is 50.8 Å². The van der Waals surface area contributed by atoms with E-state index in [0.717, 1.165) is 24.5 Å². The molecule has 0 atom stereocenters. The lowest BCUT2D eigenvalue weighted by Crippen LogP contribution is -2.19. The van der Waals surface area contributed by atoms with Crippen LogP contribution in [0.5, 0.6) is 5.75 Å². The van der Waals surface area contributed by atoms with Crippen LogP contribution in [0, 0.1) is 0 Å². The van der Waals surface area contributed by atoms with Crippen LogP contribution >= 0.6 is 0 Å². The summed E-state index contributed by atoms with van der Waals surface area (Å²) in [6.45, 7) is 2.01. The van der Waals surface area contributed by atoms with Crippen molar-refractivity contribution in [2.75, 3.05) is 30.6 Å². The predicted octanol–water partition coefficient (Wildman–Crippen LogP) is 3.48. The van der Waals surface area contributed by atoms with Crippen molar-refractivity contribution in [3.05, 3.63) is 54.1 Å². The molecule has 2 aromatic carbocycles. The second-order valence-electron chi connectivity index (χ2n) is 5.47. The average molecular weight is 312 g/mol. The Labute approximate surface area is 135 Å². The number of nitrogens with zero attached hydrogens (tertiary/aromatic N) is 1. The first-order valence-electron chi connectivity index (χ1n) is 7.72. The molecule has 1 saturated heterocycles. The standard InChI is InChI=1S/C18H20N2O3/c1-22-18(21)14-11-15(19-23-17-7-3-2-4-8-17)13-16(12-14)20-9-5-6-10-20/h2-4,7-8,11-13,19H,5-6,9-10H2,1H3. The Bertz CT molecular complexity index is 667. The highest BCUT2D eigenvalue weighted by Crippen LogP contribution is 2.26. The number of methoxy groups -OCH3 is 1. The molecule has 0 aromatic heterocycles. The van der Waals surface area contributed by atoms with Gasteiger partial charge in [-0.25, -0.2) is 10.3 Å². The number of rotatable bonds is 5. The van der Waals surface area contributed by atoms with Crippen molar-refractivity contribution in [2.45, 2.75) is 12.8 Å². The van der Waals surface area contributed by atoms with Gasteiger partial charge in [0.2, 0.25) is 0 Å². The van der Waals surface area contributed by atoms with Gasteiger partial charge in [-0.05, 0) is 43.2 Å². The first-order chi connectivity index (χ1) is 11.3. The zero-order valence-corrected chi connectivity index (χ0v) is 13.1. The zero-order valence-electron chi connectivity index (χ0n) is 13.1. The minimum Gasteiger partial charge on any atom is -0.465 e. The maximum Gasteiger partial charge on any atom is 0.338 e. The van der Waals surface area contributed by atoms with Crippen LogP contribution in [-0.2, 0) is 4.74 Å². The Morgan fingerprint density at radius 3 is 2.52 bits per heavy atom. The van der Waals surface area contributed by atoms with Gasteiger partial charge in [-0.2, -0.15) is 0 Å². The van der Waals surface area contributed by atoms with Crippen molar-refractivity contribution < 1.29 is 14.4 Å². The third kappa shape index (κ3) is 3.74. The summed E-state index contributed by atoms with van der Waals surface area (Å²) in [7, 11) is 1.39. The second-order valence-corrected chi connectivity index (χ2v) is 5.47. The lowest BCUT2D eigenvalue weighted by molar-refractivity contribution is 0.0601. The first kappa shape index (κ1) is 15.2. The second kappa shape index (κ2) is 7.05. The van der Waals surface area contributed by atoms with E-state index in [1.54, 1.807) is 6.07 Å². The summed E-state index contributed by atoms with van der Waals surface area (Å²) in [5.74, 6) is 0.354. The molecular formula is C18H20N2O3. The molecule has 2 aromatic rings. The summed E-state index contributed by atoms with van der Waals surface area (Å²) in [4.78, 5) is 19.7. The molecule has 0 radical (unpaired) electrons. The van der Waals surface area contributed by atoms with E-state index >= 15 is 0 Å². The van der Waals surface area contributed by atoms with E-state index in [-0.39, 0.29) is 5.97 Å². The number of para-hydroxylation sites is 1. The van der Waals surface area contributed by atoms with Crippen LogP contribution in [-0.4, -0.2) is 26.2 Å². The van der Waals surface area contributed by atoms with Gasteiger partial charge in [0.25, 0.3) is 0 Å². The molecule has 0 amide bonds. The summed E-state index contributed by atoms with van der Waals surface area (Å²) in [5, 5.41) is 0. The fourth-order valence-corrected chi connectivity index (χ4v) is 2.67. The summed E-state index contributed by atoms with van der Waals surface area (Å²) >= 11 is 0. The van der Waals surface area contributed by atoms with Gasteiger partial charge in [0, 0.05) is 18.8 Å². The Kier molecular flexibility index (Phi) is 4.66. The van der Waals surface area contributed by atoms with E-state index in [9.17, 15) is 4.79 Å². The SMILES string of the molecule is COC(=O)c1cc(NOc2ccccc2)cc(N2CCCC2)c1. The Balaban J connectivity index is 1.82. The molecule has 0 aliphatic carbocycles. The van der Waals surface area contributed by atoms with Crippen LogP contribution in [0.4, 0.5) is 11.4 Å². The number of esters is 1. The summed E-state index contributed by atoms with van der Waals surface area (Å²) in [5.41, 5.74) is 5.15. The third-order valence-corrected chi connectivity index (χ3v) is 3.84. The molecule has 0 spiro atoms. The van der Waals surface area contributed by atoms with Gasteiger partial charge in [-0.3, -0.25) is 0 Å². The molecule has 23 heavy (non-hydrogen) atoms. The van der Waals surface area contributed by atoms with Gasteiger partial charge >= 0.3 is 5.97 Å². The number of carbonyl (C=O) groups is 1. The van der Waals surface area contributed by atoms with Crippen LogP contribution < -0.4 is 15.2 Å². The molecule has 120 valence electrons. The highest BCUT2D eigenvalue weighted by Gasteiger charge is 2.16. The van der Waals surface area contributed by atoms with Gasteiger partial charge in [-0.1, -0.05) is 18.2 Å². The predicted molar refractivity (Wildman–Crippen MR) is 89.9 cm³/mol. The molecule has 1 aliphatic heterocycles. The summed E-state index contributed by atoms with van der Waals surface area (Å²) in [6.07, 6.45) is 2.34. The van der Waals surface area contributed by atoms with Gasteiger partial charge in [0.15, 0.2) is 5.75 Å². The maximum atomic E-state index is 11.9. The highest BCUT2D eigenvalue weighted by atomic mass is 16.6. The summed E-state index contributed by atoms with van der Waals surface area (Å²) < 4.78 is 4.85. The molecule has 3 rings (SSSR count). The van der Waals surface area contributed by atoms with E-state index in [2.05, 4.69) is 10.4 Å². The molecule has 1 aliphatic rings. The normalized spacial score (nSPS) is 13.7. The number of hydrogen-bond acceptors (Lipinski definition) is 5. The smallest absolute Gasteiger partial charge is 0.338 e. The molecule has 1 N–H and O–H groups in total. The highest BCUT2D eigenvalue weighted by molar-refractivity contribution is 5.92. The van der Waals surface area contributed by atoms with Crippen LogP contribution in [0.15, 0.2) is 48.5 Å². The van der Waals surface area contributed by atoms with Crippen LogP contribution in [0.25, 0.3) is 0 Å². The van der Waals surface area contributed by atoms with Gasteiger partial charge in [0.05, 0.1) is 18.4 Å². The van der Waals surface area contributed by atoms with Gasteiger partial charge in [0.1, 0.15) is 0 Å². The monoisotopic (exact) mass is 312 g/mol. The quantitative estimate of drug-likeness (QED) is 0.676. The van der Waals surface area contributed by atoms with Crippen molar-refractivity contribution >= 4 is 17.3 Å². The van der Waals surface area contributed by atoms with Crippen LogP contribution in [0.3, 0.4) is 0 Å². The summed E-state index contributed by atoms with van der Waals surface area (Å²) in [6, 6.07) is 15.0. The van der Waals surface area contributed by atoms with E-state index in [1.165, 1.54) is 20.0 Å². The fourth-order valence-electron chi connectivity index (χ4n) is 2.67. The van der Waals surface area contributed by atoms with Crippen molar-refractivity contribution in [2.24, 2.45) is 0 Å². The van der Waals surface area contributed by atoms with Gasteiger partial charge in [-0.15, -0.1) is 0 Å². The van der Waals surface area contributed by atoms with E-state index in [4.69, 9.17) is 9.57 Å². The molecule has 5 heteroatoms. The first-order valence-corrected chi connectivity index (χ1v) is 7.72. The molecule has 0 saturated carbocycles. The van der Waals surface area contributed by atoms with E-state index < -0.39 is 0 Å². The van der Waals surface area contributed by atoms with Crippen molar-refractivity contribution in [1.29, 1.82) is 0 Å². The largest absolute Gasteiger partial charge is 0.465 e. The van der Waals surface area contributed by atoms with Crippen molar-refractivity contribution in [1.82, 2.24) is 0 Å². The third-order valence-electron chi connectivity index (χ3n) is 3.84. The lowest BCUT2D eigenvalue weighted by Gasteiger charge is -2.20. The number of hydrogen-bond donors (Lipinski definition) is 1. The zero-order chi connectivity index (χ0) is 16.1. The maximum absolute atomic E-state index is 11.9. The lowest BCUT2D eigenvalue weighted by atomic mass is 10.1. The Morgan fingerprint density at radius 1 is 1.09 bits per heavy atom. The molecule has 1 fully saturated rings. The minimum absolute atomic E-state index is 0.353. The average Bonchev–Trinajstić information content (AvgIpc) is 3.14. The number of nitrogens with one attached hydrogen (secondary N) is 1. The Hall–Kier alpha value is -2.69. The molecule has 0 bridgehead atoms. The van der Waals surface area contributed by atoms with Crippen LogP contribution in [0.2, 0.25) is 0 Å². The van der Waals surface area contributed by atoms with Gasteiger partial charge < -0.3 is 14.5 Å². The molecule has 5 nitrogen and oxygen atoms in total. The number of ether oxygens (including phenoxy) is 1. The molecule has 0 unspecified atom stereocenters. The minimum atomic E-state index is -0.353. The van der Waals surface area contributed by atoms with E-state index in [1.807, 2.05) is 42.5 Å². The van der Waals surface area contributed by atoms with Crippen LogP contribution in [0.1, 0.15) is 23.2 Å². The van der Waals surface area contributed by atoms with Crippen molar-refractivity contribution in [3.8, 4) is 5.75 Å². The van der Waals surface area contributed by atoms with E-state index in [0.29, 0.717) is 11.3 Å². The fraction of sp³-hybridized carbons (Fsp3) is 0.278. The molecule has 1 heterocycles. The Morgan fingerprint density at radius 2 is 1.83 bits per heavy atom. The van der Waals surface area contributed by atoms with Crippen molar-refractivity contribution in [3.63, 3.8) is 0 Å². The number of carbonyl (C=O) groups excluding carboxylic acids is 1. The molecular weight excluding hydrogens is 292 g/mol. The number of anilines is 2. The number of benzene rings is 2.